The molecule has 0 spiro atoms. The van der Waals surface area contributed by atoms with Crippen LogP contribution < -0.4 is 11.1 Å². The first-order valence-electron chi connectivity index (χ1n) is 7.24. The first-order valence-corrected chi connectivity index (χ1v) is 7.24. The van der Waals surface area contributed by atoms with Gasteiger partial charge in [0.15, 0.2) is 0 Å². The molecule has 3 nitrogen and oxygen atoms in total. The van der Waals surface area contributed by atoms with Crippen molar-refractivity contribution in [3.63, 3.8) is 0 Å². The fraction of sp³-hybridized carbons (Fsp3) is 0.278. The molecule has 1 atom stereocenters. The lowest BCUT2D eigenvalue weighted by molar-refractivity contribution is -0.117. The molecule has 2 rings (SSSR count). The van der Waals surface area contributed by atoms with Crippen molar-refractivity contribution in [1.29, 1.82) is 0 Å². The lowest BCUT2D eigenvalue weighted by atomic mass is 10.0. The summed E-state index contributed by atoms with van der Waals surface area (Å²) in [5.74, 6) is -0.130. The summed E-state index contributed by atoms with van der Waals surface area (Å²) in [6.45, 7) is 4.08. The summed E-state index contributed by atoms with van der Waals surface area (Å²) >= 11 is 0. The minimum atomic E-state index is -0.494. The quantitative estimate of drug-likeness (QED) is 0.884. The van der Waals surface area contributed by atoms with Crippen LogP contribution in [0.4, 0.5) is 5.69 Å². The Morgan fingerprint density at radius 3 is 2.48 bits per heavy atom. The van der Waals surface area contributed by atoms with Gasteiger partial charge in [-0.2, -0.15) is 0 Å². The van der Waals surface area contributed by atoms with Crippen LogP contribution in [0, 0.1) is 13.8 Å². The molecule has 0 saturated heterocycles. The summed E-state index contributed by atoms with van der Waals surface area (Å²) < 4.78 is 0. The van der Waals surface area contributed by atoms with E-state index < -0.39 is 6.04 Å². The normalized spacial score (nSPS) is 12.0. The highest BCUT2D eigenvalue weighted by atomic mass is 16.2. The number of carbonyl (C=O) groups is 1. The molecule has 0 saturated carbocycles. The van der Waals surface area contributed by atoms with E-state index in [1.54, 1.807) is 0 Å². The second kappa shape index (κ2) is 7.04. The van der Waals surface area contributed by atoms with Crippen molar-refractivity contribution in [2.24, 2.45) is 5.73 Å². The van der Waals surface area contributed by atoms with Crippen molar-refractivity contribution in [1.82, 2.24) is 0 Å². The molecular weight excluding hydrogens is 260 g/mol. The Kier molecular flexibility index (Phi) is 5.12. The van der Waals surface area contributed by atoms with E-state index in [1.807, 2.05) is 62.4 Å². The third kappa shape index (κ3) is 4.43. The fourth-order valence-electron chi connectivity index (χ4n) is 2.15. The molecule has 3 heteroatoms. The van der Waals surface area contributed by atoms with Gasteiger partial charge in [0, 0.05) is 5.69 Å². The Balaban J connectivity index is 1.89. The van der Waals surface area contributed by atoms with Crippen LogP contribution in [-0.4, -0.2) is 11.9 Å². The summed E-state index contributed by atoms with van der Waals surface area (Å²) in [6.07, 6.45) is 1.45. The zero-order valence-electron chi connectivity index (χ0n) is 12.6. The zero-order valence-corrected chi connectivity index (χ0v) is 12.6. The first kappa shape index (κ1) is 15.3. The number of rotatable bonds is 5. The van der Waals surface area contributed by atoms with Crippen molar-refractivity contribution >= 4 is 11.6 Å². The van der Waals surface area contributed by atoms with Crippen molar-refractivity contribution in [3.8, 4) is 0 Å². The van der Waals surface area contributed by atoms with E-state index in [9.17, 15) is 4.79 Å². The number of hydrogen-bond donors (Lipinski definition) is 2. The van der Waals surface area contributed by atoms with Gasteiger partial charge in [0.1, 0.15) is 0 Å². The molecule has 3 N–H and O–H groups in total. The summed E-state index contributed by atoms with van der Waals surface area (Å²) in [5, 5.41) is 2.88. The molecule has 0 aliphatic heterocycles. The zero-order chi connectivity index (χ0) is 15.2. The van der Waals surface area contributed by atoms with E-state index in [-0.39, 0.29) is 5.91 Å². The Bertz CT molecular complexity index is 608. The van der Waals surface area contributed by atoms with E-state index >= 15 is 0 Å². The van der Waals surface area contributed by atoms with Crippen LogP contribution in [0.2, 0.25) is 0 Å². The predicted octanol–water partition coefficient (Wildman–Crippen LogP) is 3.20. The third-order valence-electron chi connectivity index (χ3n) is 3.70. The highest BCUT2D eigenvalue weighted by Crippen LogP contribution is 2.14. The molecule has 0 bridgehead atoms. The van der Waals surface area contributed by atoms with Crippen LogP contribution in [0.3, 0.4) is 0 Å². The van der Waals surface area contributed by atoms with E-state index in [4.69, 9.17) is 5.73 Å². The van der Waals surface area contributed by atoms with Gasteiger partial charge in [0.2, 0.25) is 5.91 Å². The highest BCUT2D eigenvalue weighted by molar-refractivity contribution is 5.94. The number of nitrogens with two attached hydrogens (primary N) is 1. The molecule has 1 amide bonds. The molecule has 2 aromatic rings. The minimum Gasteiger partial charge on any atom is -0.325 e. The standard InChI is InChI=1S/C18H22N2O/c1-13-8-10-16(12-14(13)2)20-18(21)17(19)11-9-15-6-4-3-5-7-15/h3-8,10,12,17H,9,11,19H2,1-2H3,(H,20,21). The Labute approximate surface area is 126 Å². The molecule has 0 radical (unpaired) electrons. The highest BCUT2D eigenvalue weighted by Gasteiger charge is 2.13. The van der Waals surface area contributed by atoms with Crippen molar-refractivity contribution in [3.05, 3.63) is 65.2 Å². The molecule has 0 aliphatic rings. The smallest absolute Gasteiger partial charge is 0.241 e. The number of benzene rings is 2. The molecule has 0 aliphatic carbocycles. The monoisotopic (exact) mass is 282 g/mol. The second-order valence-electron chi connectivity index (χ2n) is 5.42. The van der Waals surface area contributed by atoms with E-state index in [1.165, 1.54) is 11.1 Å². The van der Waals surface area contributed by atoms with Gasteiger partial charge in [0.05, 0.1) is 6.04 Å². The van der Waals surface area contributed by atoms with Crippen molar-refractivity contribution in [2.75, 3.05) is 5.32 Å². The number of aryl methyl sites for hydroxylation is 3. The average molecular weight is 282 g/mol. The summed E-state index contributed by atoms with van der Waals surface area (Å²) in [4.78, 5) is 12.1. The largest absolute Gasteiger partial charge is 0.325 e. The average Bonchev–Trinajstić information content (AvgIpc) is 2.49. The van der Waals surface area contributed by atoms with Gasteiger partial charge in [-0.1, -0.05) is 36.4 Å². The number of hydrogen-bond acceptors (Lipinski definition) is 2. The maximum Gasteiger partial charge on any atom is 0.241 e. The summed E-state index contributed by atoms with van der Waals surface area (Å²) in [5.41, 5.74) is 10.3. The topological polar surface area (TPSA) is 55.1 Å². The van der Waals surface area contributed by atoms with Gasteiger partial charge >= 0.3 is 0 Å². The molecule has 0 fully saturated rings. The predicted molar refractivity (Wildman–Crippen MR) is 87.3 cm³/mol. The van der Waals surface area contributed by atoms with E-state index in [2.05, 4.69) is 5.32 Å². The first-order chi connectivity index (χ1) is 10.1. The van der Waals surface area contributed by atoms with E-state index in [0.717, 1.165) is 17.7 Å². The third-order valence-corrected chi connectivity index (χ3v) is 3.70. The SMILES string of the molecule is Cc1ccc(NC(=O)C(N)CCc2ccccc2)cc1C. The van der Waals surface area contributed by atoms with Gasteiger partial charge in [-0.05, 0) is 55.5 Å². The molecule has 2 aromatic carbocycles. The number of nitrogens with one attached hydrogen (secondary N) is 1. The van der Waals surface area contributed by atoms with E-state index in [0.29, 0.717) is 6.42 Å². The van der Waals surface area contributed by atoms with Gasteiger partial charge in [0.25, 0.3) is 0 Å². The maximum atomic E-state index is 12.1. The molecule has 21 heavy (non-hydrogen) atoms. The molecule has 0 heterocycles. The number of amides is 1. The second-order valence-corrected chi connectivity index (χ2v) is 5.42. The molecule has 0 aromatic heterocycles. The van der Waals surface area contributed by atoms with Gasteiger partial charge in [-0.15, -0.1) is 0 Å². The van der Waals surface area contributed by atoms with Gasteiger partial charge in [-0.3, -0.25) is 4.79 Å². The molecule has 110 valence electrons. The Morgan fingerprint density at radius 1 is 1.10 bits per heavy atom. The van der Waals surface area contributed by atoms with Crippen LogP contribution in [0.25, 0.3) is 0 Å². The van der Waals surface area contributed by atoms with Crippen LogP contribution >= 0.6 is 0 Å². The lowest BCUT2D eigenvalue weighted by Crippen LogP contribution is -2.36. The number of anilines is 1. The van der Waals surface area contributed by atoms with Crippen LogP contribution in [0.1, 0.15) is 23.1 Å². The molecule has 1 unspecified atom stereocenters. The Hall–Kier alpha value is -2.13. The summed E-state index contributed by atoms with van der Waals surface area (Å²) in [7, 11) is 0. The fourth-order valence-corrected chi connectivity index (χ4v) is 2.15. The van der Waals surface area contributed by atoms with Gasteiger partial charge < -0.3 is 11.1 Å². The minimum absolute atomic E-state index is 0.130. The molecular formula is C18H22N2O. The van der Waals surface area contributed by atoms with Crippen LogP contribution in [0.15, 0.2) is 48.5 Å². The van der Waals surface area contributed by atoms with Crippen molar-refractivity contribution < 1.29 is 4.79 Å². The van der Waals surface area contributed by atoms with Crippen LogP contribution in [0.5, 0.6) is 0 Å². The lowest BCUT2D eigenvalue weighted by Gasteiger charge is -2.13. The van der Waals surface area contributed by atoms with Crippen LogP contribution in [-0.2, 0) is 11.2 Å². The Morgan fingerprint density at radius 2 is 1.81 bits per heavy atom. The van der Waals surface area contributed by atoms with Crippen molar-refractivity contribution in [2.45, 2.75) is 32.7 Å². The maximum absolute atomic E-state index is 12.1. The summed E-state index contributed by atoms with van der Waals surface area (Å²) in [6, 6.07) is 15.5. The number of carbonyl (C=O) groups excluding carboxylic acids is 1. The van der Waals surface area contributed by atoms with Gasteiger partial charge in [-0.25, -0.2) is 0 Å².